The minimum absolute atomic E-state index is 0.0477. The zero-order valence-electron chi connectivity index (χ0n) is 16.7. The van der Waals surface area contributed by atoms with Crippen molar-refractivity contribution in [1.29, 1.82) is 0 Å². The number of para-hydroxylation sites is 1. The van der Waals surface area contributed by atoms with E-state index >= 15 is 0 Å². The molecule has 0 aliphatic heterocycles. The second kappa shape index (κ2) is 7.54. The lowest BCUT2D eigenvalue weighted by atomic mass is 9.92. The number of nitrogens with one attached hydrogen (secondary N) is 1. The van der Waals surface area contributed by atoms with Gasteiger partial charge in [0.15, 0.2) is 0 Å². The summed E-state index contributed by atoms with van der Waals surface area (Å²) in [5.74, 6) is 0.516. The van der Waals surface area contributed by atoms with Crippen molar-refractivity contribution >= 4 is 5.91 Å². The summed E-state index contributed by atoms with van der Waals surface area (Å²) in [6, 6.07) is 10.9. The Morgan fingerprint density at radius 3 is 2.76 bits per heavy atom. The highest BCUT2D eigenvalue weighted by Crippen LogP contribution is 2.29. The molecular weight excluding hydrogens is 370 g/mol. The van der Waals surface area contributed by atoms with E-state index in [0.29, 0.717) is 23.6 Å². The van der Waals surface area contributed by atoms with E-state index in [2.05, 4.69) is 15.5 Å². The maximum Gasteiger partial charge on any atom is 0.269 e. The number of carbonyl (C=O) groups is 1. The highest BCUT2D eigenvalue weighted by Gasteiger charge is 2.24. The fourth-order valence-corrected chi connectivity index (χ4v) is 3.74. The Hall–Kier alpha value is -3.42. The lowest BCUT2D eigenvalue weighted by Crippen LogP contribution is -2.40. The molecule has 0 fully saturated rings. The summed E-state index contributed by atoms with van der Waals surface area (Å²) in [5, 5.41) is 11.9. The van der Waals surface area contributed by atoms with Crippen LogP contribution in [-0.2, 0) is 26.9 Å². The van der Waals surface area contributed by atoms with Crippen molar-refractivity contribution in [2.75, 3.05) is 7.11 Å². The normalized spacial score (nSPS) is 15.6. The van der Waals surface area contributed by atoms with Crippen molar-refractivity contribution in [2.24, 2.45) is 14.1 Å². The molecule has 2 aromatic heterocycles. The third-order valence-corrected chi connectivity index (χ3v) is 5.28. The molecule has 1 unspecified atom stereocenters. The average molecular weight is 393 g/mol. The Labute approximate surface area is 168 Å². The summed E-state index contributed by atoms with van der Waals surface area (Å²) in [4.78, 5) is 24.7. The second-order valence-corrected chi connectivity index (χ2v) is 7.23. The van der Waals surface area contributed by atoms with Crippen LogP contribution in [0.15, 0.2) is 41.2 Å². The summed E-state index contributed by atoms with van der Waals surface area (Å²) in [6.07, 6.45) is 2.11. The molecule has 8 nitrogen and oxygen atoms in total. The van der Waals surface area contributed by atoms with Gasteiger partial charge in [-0.15, -0.1) is 0 Å². The van der Waals surface area contributed by atoms with E-state index in [4.69, 9.17) is 4.74 Å². The molecule has 2 heterocycles. The molecule has 8 heteroatoms. The molecule has 150 valence electrons. The smallest absolute Gasteiger partial charge is 0.269 e. The van der Waals surface area contributed by atoms with E-state index in [-0.39, 0.29) is 17.5 Å². The van der Waals surface area contributed by atoms with Crippen molar-refractivity contribution in [3.05, 3.63) is 63.7 Å². The van der Waals surface area contributed by atoms with E-state index in [1.807, 2.05) is 24.3 Å². The third-order valence-electron chi connectivity index (χ3n) is 5.28. The van der Waals surface area contributed by atoms with Crippen LogP contribution in [0.2, 0.25) is 0 Å². The maximum atomic E-state index is 12.9. The van der Waals surface area contributed by atoms with Gasteiger partial charge in [0.25, 0.3) is 11.5 Å². The fourth-order valence-electron chi connectivity index (χ4n) is 3.74. The maximum absolute atomic E-state index is 12.9. The van der Waals surface area contributed by atoms with Crippen LogP contribution in [0.4, 0.5) is 0 Å². The highest BCUT2D eigenvalue weighted by molar-refractivity contribution is 5.94. The van der Waals surface area contributed by atoms with Crippen molar-refractivity contribution in [3.8, 4) is 17.0 Å². The van der Waals surface area contributed by atoms with E-state index < -0.39 is 0 Å². The number of aromatic nitrogens is 4. The molecule has 1 amide bonds. The van der Waals surface area contributed by atoms with Crippen molar-refractivity contribution < 1.29 is 9.53 Å². The molecule has 0 bridgehead atoms. The first-order chi connectivity index (χ1) is 14.0. The molecule has 0 saturated carbocycles. The van der Waals surface area contributed by atoms with Crippen LogP contribution in [0.3, 0.4) is 0 Å². The Morgan fingerprint density at radius 1 is 1.17 bits per heavy atom. The van der Waals surface area contributed by atoms with Gasteiger partial charge in [0, 0.05) is 31.8 Å². The van der Waals surface area contributed by atoms with Crippen LogP contribution in [-0.4, -0.2) is 38.6 Å². The van der Waals surface area contributed by atoms with Gasteiger partial charge in [-0.25, -0.2) is 4.68 Å². The summed E-state index contributed by atoms with van der Waals surface area (Å²) in [6.45, 7) is 0. The second-order valence-electron chi connectivity index (χ2n) is 7.23. The van der Waals surface area contributed by atoms with Crippen LogP contribution < -0.4 is 15.6 Å². The van der Waals surface area contributed by atoms with E-state index in [1.165, 1.54) is 4.68 Å². The van der Waals surface area contributed by atoms with Gasteiger partial charge in [-0.3, -0.25) is 14.3 Å². The summed E-state index contributed by atoms with van der Waals surface area (Å²) in [7, 11) is 5.01. The predicted octanol–water partition coefficient (Wildman–Crippen LogP) is 1.48. The van der Waals surface area contributed by atoms with Crippen molar-refractivity contribution in [3.63, 3.8) is 0 Å². The quantitative estimate of drug-likeness (QED) is 0.725. The molecular formula is C21H23N5O3. The van der Waals surface area contributed by atoms with Gasteiger partial charge in [0.05, 0.1) is 18.5 Å². The number of aryl methyl sites for hydroxylation is 3. The number of amides is 1. The van der Waals surface area contributed by atoms with Gasteiger partial charge in [0.2, 0.25) is 0 Å². The van der Waals surface area contributed by atoms with Crippen LogP contribution in [0.25, 0.3) is 11.3 Å². The van der Waals surface area contributed by atoms with Gasteiger partial charge in [-0.1, -0.05) is 12.1 Å². The molecule has 0 radical (unpaired) electrons. The number of ether oxygens (including phenoxy) is 1. The first-order valence-corrected chi connectivity index (χ1v) is 9.50. The molecule has 3 aromatic rings. The van der Waals surface area contributed by atoms with Gasteiger partial charge < -0.3 is 10.1 Å². The molecule has 1 aliphatic rings. The fraction of sp³-hybridized carbons (Fsp3) is 0.333. The monoisotopic (exact) mass is 393 g/mol. The molecule has 1 aromatic carbocycles. The number of methoxy groups -OCH3 is 1. The van der Waals surface area contributed by atoms with Crippen LogP contribution >= 0.6 is 0 Å². The SMILES string of the molecule is COc1ccccc1-c1cc(C(=O)NC2CCc3nn(C)c(=O)cc3C2)n(C)n1. The first-order valence-electron chi connectivity index (χ1n) is 9.50. The number of hydrogen-bond acceptors (Lipinski definition) is 5. The number of nitrogens with zero attached hydrogens (tertiary/aromatic N) is 4. The summed E-state index contributed by atoms with van der Waals surface area (Å²) in [5.41, 5.74) is 3.68. The minimum Gasteiger partial charge on any atom is -0.496 e. The molecule has 0 saturated heterocycles. The predicted molar refractivity (Wildman–Crippen MR) is 108 cm³/mol. The zero-order valence-corrected chi connectivity index (χ0v) is 16.7. The summed E-state index contributed by atoms with van der Waals surface area (Å²) < 4.78 is 8.33. The molecule has 1 aliphatic carbocycles. The van der Waals surface area contributed by atoms with Crippen molar-refractivity contribution in [1.82, 2.24) is 24.9 Å². The molecule has 29 heavy (non-hydrogen) atoms. The summed E-state index contributed by atoms with van der Waals surface area (Å²) >= 11 is 0. The number of hydrogen-bond donors (Lipinski definition) is 1. The molecule has 4 rings (SSSR count). The van der Waals surface area contributed by atoms with Crippen LogP contribution in [0.1, 0.15) is 28.2 Å². The Morgan fingerprint density at radius 2 is 1.97 bits per heavy atom. The number of fused-ring (bicyclic) bond motifs is 1. The van der Waals surface area contributed by atoms with E-state index in [0.717, 1.165) is 29.7 Å². The Kier molecular flexibility index (Phi) is 4.92. The van der Waals surface area contributed by atoms with Crippen LogP contribution in [0.5, 0.6) is 5.75 Å². The number of benzene rings is 1. The average Bonchev–Trinajstić information content (AvgIpc) is 3.10. The van der Waals surface area contributed by atoms with E-state index in [1.54, 1.807) is 38.0 Å². The lowest BCUT2D eigenvalue weighted by Gasteiger charge is -2.24. The topological polar surface area (TPSA) is 91.0 Å². The Balaban J connectivity index is 1.53. The van der Waals surface area contributed by atoms with Crippen LogP contribution in [0, 0.1) is 0 Å². The standard InChI is InChI=1S/C21H23N5O3/c1-25-18(12-17(24-25)15-6-4-5-7-19(15)29-3)21(28)22-14-8-9-16-13(10-14)11-20(27)26(2)23-16/h4-7,11-12,14H,8-10H2,1-3H3,(H,22,28). The van der Waals surface area contributed by atoms with Gasteiger partial charge >= 0.3 is 0 Å². The molecule has 0 spiro atoms. The van der Waals surface area contributed by atoms with Gasteiger partial charge in [-0.05, 0) is 43.0 Å². The van der Waals surface area contributed by atoms with Gasteiger partial charge in [-0.2, -0.15) is 10.2 Å². The lowest BCUT2D eigenvalue weighted by molar-refractivity contribution is 0.0924. The van der Waals surface area contributed by atoms with Gasteiger partial charge in [0.1, 0.15) is 11.4 Å². The number of rotatable bonds is 4. The molecule has 1 atom stereocenters. The number of carbonyl (C=O) groups excluding carboxylic acids is 1. The third kappa shape index (κ3) is 3.65. The van der Waals surface area contributed by atoms with E-state index in [9.17, 15) is 9.59 Å². The largest absolute Gasteiger partial charge is 0.496 e. The first kappa shape index (κ1) is 18.9. The minimum atomic E-state index is -0.189. The zero-order chi connectivity index (χ0) is 20.5. The van der Waals surface area contributed by atoms with Crippen molar-refractivity contribution in [2.45, 2.75) is 25.3 Å². The highest BCUT2D eigenvalue weighted by atomic mass is 16.5. The molecule has 1 N–H and O–H groups in total. The Bertz CT molecular complexity index is 1130.